The van der Waals surface area contributed by atoms with E-state index in [0.29, 0.717) is 29.2 Å². The highest BCUT2D eigenvalue weighted by atomic mass is 16.5. The number of nitrogens with zero attached hydrogens (tertiary/aromatic N) is 1. The number of hydrogen-bond donors (Lipinski definition) is 1. The monoisotopic (exact) mass is 443 g/mol. The molecule has 1 N–H and O–H groups in total. The molecule has 0 bridgehead atoms. The summed E-state index contributed by atoms with van der Waals surface area (Å²) in [6.45, 7) is 2.66. The van der Waals surface area contributed by atoms with Crippen molar-refractivity contribution in [1.29, 1.82) is 0 Å². The van der Waals surface area contributed by atoms with Gasteiger partial charge in [-0.2, -0.15) is 0 Å². The Kier molecular flexibility index (Phi) is 6.45. The largest absolute Gasteiger partial charge is 0.507 e. The van der Waals surface area contributed by atoms with Gasteiger partial charge in [-0.15, -0.1) is 0 Å². The molecule has 33 heavy (non-hydrogen) atoms. The molecule has 1 heterocycles. The first-order valence-corrected chi connectivity index (χ1v) is 10.7. The van der Waals surface area contributed by atoms with Crippen LogP contribution in [0.3, 0.4) is 0 Å². The number of aliphatic hydroxyl groups is 1. The number of likely N-dealkylation sites (tertiary alicyclic amines) is 1. The maximum atomic E-state index is 13.2. The van der Waals surface area contributed by atoms with Gasteiger partial charge in [0, 0.05) is 12.1 Å². The number of aliphatic hydroxyl groups excluding tert-OH is 1. The van der Waals surface area contributed by atoms with Crippen LogP contribution in [0.2, 0.25) is 0 Å². The van der Waals surface area contributed by atoms with Gasteiger partial charge < -0.3 is 19.5 Å². The summed E-state index contributed by atoms with van der Waals surface area (Å²) in [7, 11) is 1.53. The quantitative estimate of drug-likeness (QED) is 0.325. The second-order valence-electron chi connectivity index (χ2n) is 7.65. The van der Waals surface area contributed by atoms with E-state index in [2.05, 4.69) is 0 Å². The van der Waals surface area contributed by atoms with Crippen LogP contribution in [0.25, 0.3) is 5.76 Å². The molecule has 1 fully saturated rings. The smallest absolute Gasteiger partial charge is 0.295 e. The highest BCUT2D eigenvalue weighted by Gasteiger charge is 2.46. The summed E-state index contributed by atoms with van der Waals surface area (Å²) in [5.41, 5.74) is 2.05. The third-order valence-electron chi connectivity index (χ3n) is 5.59. The topological polar surface area (TPSA) is 76.1 Å². The maximum absolute atomic E-state index is 13.2. The van der Waals surface area contributed by atoms with E-state index in [1.165, 1.54) is 12.0 Å². The first-order valence-electron chi connectivity index (χ1n) is 10.7. The van der Waals surface area contributed by atoms with Crippen LogP contribution in [0.15, 0.2) is 84.4 Å². The molecule has 0 spiro atoms. The number of ketones is 1. The van der Waals surface area contributed by atoms with Crippen molar-refractivity contribution in [2.75, 3.05) is 13.7 Å². The molecule has 1 aliphatic heterocycles. The maximum Gasteiger partial charge on any atom is 0.295 e. The number of amides is 1. The van der Waals surface area contributed by atoms with Crippen LogP contribution in [0.5, 0.6) is 11.5 Å². The van der Waals surface area contributed by atoms with E-state index in [1.807, 2.05) is 49.4 Å². The molecule has 0 saturated carbocycles. The Balaban J connectivity index is 1.84. The van der Waals surface area contributed by atoms with Crippen molar-refractivity contribution in [3.05, 3.63) is 101 Å². The Hall–Kier alpha value is -4.06. The minimum Gasteiger partial charge on any atom is -0.507 e. The van der Waals surface area contributed by atoms with Crippen molar-refractivity contribution in [3.8, 4) is 11.5 Å². The number of hydrogen-bond acceptors (Lipinski definition) is 5. The summed E-state index contributed by atoms with van der Waals surface area (Å²) in [5, 5.41) is 11.2. The lowest BCUT2D eigenvalue weighted by atomic mass is 9.95. The van der Waals surface area contributed by atoms with E-state index in [4.69, 9.17) is 9.47 Å². The molecular weight excluding hydrogens is 418 g/mol. The molecule has 3 aromatic carbocycles. The zero-order valence-electron chi connectivity index (χ0n) is 18.5. The predicted molar refractivity (Wildman–Crippen MR) is 125 cm³/mol. The Morgan fingerprint density at radius 1 is 0.939 bits per heavy atom. The lowest BCUT2D eigenvalue weighted by molar-refractivity contribution is -0.140. The van der Waals surface area contributed by atoms with Gasteiger partial charge in [-0.25, -0.2) is 0 Å². The number of benzene rings is 3. The number of carbonyl (C=O) groups is 2. The summed E-state index contributed by atoms with van der Waals surface area (Å²) < 4.78 is 10.8. The van der Waals surface area contributed by atoms with E-state index >= 15 is 0 Å². The molecule has 1 aliphatic rings. The van der Waals surface area contributed by atoms with Crippen LogP contribution in [0.4, 0.5) is 0 Å². The second-order valence-corrected chi connectivity index (χ2v) is 7.65. The SMILES string of the molecule is CCOc1ccc(C2C(=C(O)c3cccc(OC)c3)C(=O)C(=O)N2Cc2ccccc2)cc1. The fourth-order valence-electron chi connectivity index (χ4n) is 4.01. The van der Waals surface area contributed by atoms with E-state index in [-0.39, 0.29) is 17.9 Å². The van der Waals surface area contributed by atoms with Gasteiger partial charge in [0.15, 0.2) is 0 Å². The van der Waals surface area contributed by atoms with Gasteiger partial charge in [0.2, 0.25) is 0 Å². The Morgan fingerprint density at radius 2 is 1.67 bits per heavy atom. The number of Topliss-reactive ketones (excluding diaryl/α,β-unsaturated/α-hetero) is 1. The van der Waals surface area contributed by atoms with Crippen LogP contribution >= 0.6 is 0 Å². The van der Waals surface area contributed by atoms with Gasteiger partial charge in [0.25, 0.3) is 11.7 Å². The highest BCUT2D eigenvalue weighted by Crippen LogP contribution is 2.41. The zero-order chi connectivity index (χ0) is 23.4. The molecule has 1 unspecified atom stereocenters. The van der Waals surface area contributed by atoms with Crippen molar-refractivity contribution in [2.24, 2.45) is 0 Å². The Labute approximate surface area is 192 Å². The van der Waals surface area contributed by atoms with Crippen molar-refractivity contribution in [2.45, 2.75) is 19.5 Å². The molecule has 0 radical (unpaired) electrons. The molecule has 6 heteroatoms. The summed E-state index contributed by atoms with van der Waals surface area (Å²) in [6, 6.07) is 22.7. The van der Waals surface area contributed by atoms with Crippen LogP contribution in [-0.4, -0.2) is 35.4 Å². The Bertz CT molecular complexity index is 1180. The van der Waals surface area contributed by atoms with Gasteiger partial charge in [-0.3, -0.25) is 9.59 Å². The second kappa shape index (κ2) is 9.61. The third kappa shape index (κ3) is 4.46. The van der Waals surface area contributed by atoms with Crippen LogP contribution in [0, 0.1) is 0 Å². The van der Waals surface area contributed by atoms with Gasteiger partial charge >= 0.3 is 0 Å². The molecule has 0 aromatic heterocycles. The molecule has 3 aromatic rings. The average Bonchev–Trinajstić information content (AvgIpc) is 3.10. The third-order valence-corrected chi connectivity index (χ3v) is 5.59. The standard InChI is InChI=1S/C27H25NO5/c1-3-33-21-14-12-19(13-15-21)24-23(25(29)20-10-7-11-22(16-20)32-2)26(30)27(31)28(24)17-18-8-5-4-6-9-18/h4-16,24,29H,3,17H2,1-2H3. The minimum atomic E-state index is -0.743. The van der Waals surface area contributed by atoms with Gasteiger partial charge in [0.05, 0.1) is 25.3 Å². The highest BCUT2D eigenvalue weighted by molar-refractivity contribution is 6.46. The molecule has 1 amide bonds. The molecule has 6 nitrogen and oxygen atoms in total. The number of carbonyl (C=O) groups excluding carboxylic acids is 2. The Morgan fingerprint density at radius 3 is 2.33 bits per heavy atom. The number of ether oxygens (including phenoxy) is 2. The van der Waals surface area contributed by atoms with Crippen LogP contribution in [0.1, 0.15) is 29.7 Å². The lowest BCUT2D eigenvalue weighted by Gasteiger charge is -2.25. The van der Waals surface area contributed by atoms with Crippen molar-refractivity contribution >= 4 is 17.4 Å². The van der Waals surface area contributed by atoms with E-state index in [0.717, 1.165) is 5.56 Å². The number of rotatable bonds is 7. The van der Waals surface area contributed by atoms with E-state index in [9.17, 15) is 14.7 Å². The average molecular weight is 443 g/mol. The zero-order valence-corrected chi connectivity index (χ0v) is 18.5. The molecule has 0 aliphatic carbocycles. The van der Waals surface area contributed by atoms with Gasteiger partial charge in [-0.05, 0) is 42.3 Å². The van der Waals surface area contributed by atoms with Crippen molar-refractivity contribution < 1.29 is 24.2 Å². The van der Waals surface area contributed by atoms with Crippen molar-refractivity contribution in [1.82, 2.24) is 4.90 Å². The molecular formula is C27H25NO5. The van der Waals surface area contributed by atoms with Gasteiger partial charge in [-0.1, -0.05) is 54.6 Å². The first-order chi connectivity index (χ1) is 16.0. The normalized spacial score (nSPS) is 17.3. The summed E-state index contributed by atoms with van der Waals surface area (Å²) in [4.78, 5) is 27.8. The van der Waals surface area contributed by atoms with E-state index in [1.54, 1.807) is 36.4 Å². The lowest BCUT2D eigenvalue weighted by Crippen LogP contribution is -2.29. The molecule has 1 saturated heterocycles. The molecule has 4 rings (SSSR count). The first kappa shape index (κ1) is 22.1. The van der Waals surface area contributed by atoms with Crippen LogP contribution < -0.4 is 9.47 Å². The molecule has 168 valence electrons. The summed E-state index contributed by atoms with van der Waals surface area (Å²) in [5.74, 6) is -0.377. The molecule has 1 atom stereocenters. The number of methoxy groups -OCH3 is 1. The van der Waals surface area contributed by atoms with Crippen molar-refractivity contribution in [3.63, 3.8) is 0 Å². The summed E-state index contributed by atoms with van der Waals surface area (Å²) in [6.07, 6.45) is 0. The van der Waals surface area contributed by atoms with Gasteiger partial charge in [0.1, 0.15) is 17.3 Å². The van der Waals surface area contributed by atoms with E-state index < -0.39 is 17.7 Å². The minimum absolute atomic E-state index is 0.0494. The fraction of sp³-hybridized carbons (Fsp3) is 0.185. The predicted octanol–water partition coefficient (Wildman–Crippen LogP) is 4.72. The van der Waals surface area contributed by atoms with Crippen LogP contribution in [-0.2, 0) is 16.1 Å². The summed E-state index contributed by atoms with van der Waals surface area (Å²) >= 11 is 0. The fourth-order valence-corrected chi connectivity index (χ4v) is 4.01.